The number of rotatable bonds is 3. The van der Waals surface area contributed by atoms with E-state index in [-0.39, 0.29) is 5.91 Å². The Hall–Kier alpha value is -2.13. The Morgan fingerprint density at radius 1 is 0.955 bits per heavy atom. The van der Waals surface area contributed by atoms with Gasteiger partial charge in [-0.3, -0.25) is 4.79 Å². The number of nitrogens with zero attached hydrogens (tertiary/aromatic N) is 1. The first-order valence-corrected chi connectivity index (χ1v) is 7.92. The van der Waals surface area contributed by atoms with Gasteiger partial charge in [-0.1, -0.05) is 58.4 Å². The molecule has 22 heavy (non-hydrogen) atoms. The largest absolute Gasteiger partial charge is 0.315 e. The van der Waals surface area contributed by atoms with Crippen molar-refractivity contribution < 1.29 is 4.79 Å². The van der Waals surface area contributed by atoms with Gasteiger partial charge in [0.15, 0.2) is 0 Å². The number of amides is 1. The Morgan fingerprint density at radius 3 is 2.36 bits per heavy atom. The van der Waals surface area contributed by atoms with Gasteiger partial charge in [0, 0.05) is 17.2 Å². The lowest BCUT2D eigenvalue weighted by molar-refractivity contribution is -0.117. The number of carbonyl (C=O) groups is 1. The molecule has 0 unspecified atom stereocenters. The van der Waals surface area contributed by atoms with Gasteiger partial charge >= 0.3 is 0 Å². The van der Waals surface area contributed by atoms with Crippen molar-refractivity contribution in [1.29, 1.82) is 0 Å². The number of hydrogen-bond donors (Lipinski definition) is 0. The maximum Gasteiger partial charge on any atom is 0.231 e. The molecule has 0 heterocycles. The molecule has 3 aromatic rings. The zero-order valence-electron chi connectivity index (χ0n) is 12.3. The minimum absolute atomic E-state index is 0.0811. The zero-order valence-corrected chi connectivity index (χ0v) is 13.9. The normalized spacial score (nSPS) is 10.6. The number of hydrogen-bond acceptors (Lipinski definition) is 1. The summed E-state index contributed by atoms with van der Waals surface area (Å²) in [5.74, 6) is 0.0811. The summed E-state index contributed by atoms with van der Waals surface area (Å²) in [7, 11) is 1.82. The van der Waals surface area contributed by atoms with Gasteiger partial charge < -0.3 is 4.90 Å². The van der Waals surface area contributed by atoms with Gasteiger partial charge in [-0.05, 0) is 40.6 Å². The van der Waals surface area contributed by atoms with Crippen molar-refractivity contribution in [2.45, 2.75) is 6.42 Å². The molecule has 3 heteroatoms. The lowest BCUT2D eigenvalue weighted by Gasteiger charge is -2.18. The van der Waals surface area contributed by atoms with E-state index < -0.39 is 0 Å². The summed E-state index contributed by atoms with van der Waals surface area (Å²) in [5.41, 5.74) is 1.93. The molecule has 3 rings (SSSR count). The molecular weight excluding hydrogens is 338 g/mol. The second kappa shape index (κ2) is 6.32. The lowest BCUT2D eigenvalue weighted by Crippen LogP contribution is -2.27. The molecule has 0 saturated heterocycles. The fourth-order valence-corrected chi connectivity index (χ4v) is 2.69. The van der Waals surface area contributed by atoms with E-state index in [1.165, 1.54) is 5.39 Å². The van der Waals surface area contributed by atoms with Crippen molar-refractivity contribution in [3.8, 4) is 0 Å². The van der Waals surface area contributed by atoms with E-state index in [0.717, 1.165) is 21.1 Å². The second-order valence-corrected chi connectivity index (χ2v) is 6.20. The number of fused-ring (bicyclic) bond motifs is 1. The summed E-state index contributed by atoms with van der Waals surface area (Å²) >= 11 is 3.40. The third kappa shape index (κ3) is 3.20. The molecule has 0 aliphatic rings. The number of benzene rings is 3. The summed E-state index contributed by atoms with van der Waals surface area (Å²) in [6.45, 7) is 0. The summed E-state index contributed by atoms with van der Waals surface area (Å²) in [6, 6.07) is 22.1. The van der Waals surface area contributed by atoms with Crippen molar-refractivity contribution >= 4 is 38.3 Å². The van der Waals surface area contributed by atoms with Crippen molar-refractivity contribution in [1.82, 2.24) is 0 Å². The number of likely N-dealkylation sites (N-methyl/N-ethyl adjacent to an activating group) is 1. The molecule has 0 radical (unpaired) electrons. The Kier molecular flexibility index (Phi) is 4.25. The Labute approximate surface area is 138 Å². The van der Waals surface area contributed by atoms with Crippen LogP contribution in [0.15, 0.2) is 71.2 Å². The second-order valence-electron chi connectivity index (χ2n) is 5.29. The van der Waals surface area contributed by atoms with E-state index in [1.54, 1.807) is 4.90 Å². The van der Waals surface area contributed by atoms with Gasteiger partial charge in [-0.25, -0.2) is 0 Å². The molecule has 0 aliphatic heterocycles. The van der Waals surface area contributed by atoms with Crippen LogP contribution in [0.25, 0.3) is 10.8 Å². The van der Waals surface area contributed by atoms with Crippen LogP contribution in [0.2, 0.25) is 0 Å². The summed E-state index contributed by atoms with van der Waals surface area (Å²) < 4.78 is 1.02. The van der Waals surface area contributed by atoms with E-state index in [9.17, 15) is 4.79 Å². The Bertz CT molecular complexity index is 811. The molecule has 0 aliphatic carbocycles. The van der Waals surface area contributed by atoms with E-state index in [2.05, 4.69) is 34.1 Å². The van der Waals surface area contributed by atoms with Crippen LogP contribution >= 0.6 is 15.9 Å². The minimum atomic E-state index is 0.0811. The van der Waals surface area contributed by atoms with Crippen molar-refractivity contribution in [2.75, 3.05) is 11.9 Å². The predicted molar refractivity (Wildman–Crippen MR) is 95.2 cm³/mol. The summed E-state index contributed by atoms with van der Waals surface area (Å²) in [6.07, 6.45) is 0.399. The van der Waals surface area contributed by atoms with Crippen molar-refractivity contribution in [3.05, 3.63) is 76.8 Å². The monoisotopic (exact) mass is 353 g/mol. The highest BCUT2D eigenvalue weighted by Gasteiger charge is 2.12. The molecule has 0 aromatic heterocycles. The van der Waals surface area contributed by atoms with Crippen molar-refractivity contribution in [3.63, 3.8) is 0 Å². The minimum Gasteiger partial charge on any atom is -0.315 e. The van der Waals surface area contributed by atoms with Crippen molar-refractivity contribution in [2.24, 2.45) is 0 Å². The Morgan fingerprint density at radius 2 is 1.64 bits per heavy atom. The fourth-order valence-electron chi connectivity index (χ4n) is 2.42. The van der Waals surface area contributed by atoms with Gasteiger partial charge in [0.05, 0.1) is 6.42 Å². The molecular formula is C19H16BrNO. The maximum absolute atomic E-state index is 12.4. The molecule has 2 nitrogen and oxygen atoms in total. The van der Waals surface area contributed by atoms with E-state index in [0.29, 0.717) is 6.42 Å². The highest BCUT2D eigenvalue weighted by atomic mass is 79.9. The van der Waals surface area contributed by atoms with E-state index >= 15 is 0 Å². The standard InChI is InChI=1S/C19H16BrNO/c1-21(19(22)12-14-6-9-17(20)10-7-14)18-11-8-15-4-2-3-5-16(15)13-18/h2-11,13H,12H2,1H3. The zero-order chi connectivity index (χ0) is 15.5. The molecule has 0 saturated carbocycles. The topological polar surface area (TPSA) is 20.3 Å². The lowest BCUT2D eigenvalue weighted by atomic mass is 10.1. The average Bonchev–Trinajstić information content (AvgIpc) is 2.55. The van der Waals surface area contributed by atoms with Crippen LogP contribution in [0.3, 0.4) is 0 Å². The van der Waals surface area contributed by atoms with Crippen LogP contribution in [0, 0.1) is 0 Å². The number of halogens is 1. The van der Waals surface area contributed by atoms with Gasteiger partial charge in [-0.15, -0.1) is 0 Å². The molecule has 110 valence electrons. The van der Waals surface area contributed by atoms with Gasteiger partial charge in [0.25, 0.3) is 0 Å². The highest BCUT2D eigenvalue weighted by molar-refractivity contribution is 9.10. The quantitative estimate of drug-likeness (QED) is 0.661. The molecule has 0 spiro atoms. The van der Waals surface area contributed by atoms with Gasteiger partial charge in [-0.2, -0.15) is 0 Å². The molecule has 0 bridgehead atoms. The molecule has 1 amide bonds. The first-order valence-electron chi connectivity index (χ1n) is 7.13. The molecule has 3 aromatic carbocycles. The fraction of sp³-hybridized carbons (Fsp3) is 0.105. The van der Waals surface area contributed by atoms with Crippen LogP contribution in [-0.4, -0.2) is 13.0 Å². The number of anilines is 1. The summed E-state index contributed by atoms with van der Waals surface area (Å²) in [5, 5.41) is 2.32. The SMILES string of the molecule is CN(C(=O)Cc1ccc(Br)cc1)c1ccc2ccccc2c1. The van der Waals surface area contributed by atoms with Gasteiger partial charge in [0.2, 0.25) is 5.91 Å². The van der Waals surface area contributed by atoms with Gasteiger partial charge in [0.1, 0.15) is 0 Å². The van der Waals surface area contributed by atoms with E-state index in [4.69, 9.17) is 0 Å². The molecule has 0 fully saturated rings. The maximum atomic E-state index is 12.4. The third-order valence-corrected chi connectivity index (χ3v) is 4.29. The number of carbonyl (C=O) groups excluding carboxylic acids is 1. The van der Waals surface area contributed by atoms with Crippen LogP contribution in [-0.2, 0) is 11.2 Å². The first kappa shape index (κ1) is 14.8. The van der Waals surface area contributed by atoms with Crippen LogP contribution in [0.4, 0.5) is 5.69 Å². The third-order valence-electron chi connectivity index (χ3n) is 3.76. The average molecular weight is 354 g/mol. The molecule has 0 atom stereocenters. The predicted octanol–water partition coefficient (Wildman–Crippen LogP) is 4.81. The highest BCUT2D eigenvalue weighted by Crippen LogP contribution is 2.22. The van der Waals surface area contributed by atoms with Crippen LogP contribution in [0.5, 0.6) is 0 Å². The first-order chi connectivity index (χ1) is 10.6. The Balaban J connectivity index is 1.80. The van der Waals surface area contributed by atoms with Crippen LogP contribution in [0.1, 0.15) is 5.56 Å². The summed E-state index contributed by atoms with van der Waals surface area (Å²) in [4.78, 5) is 14.2. The van der Waals surface area contributed by atoms with E-state index in [1.807, 2.05) is 55.6 Å². The van der Waals surface area contributed by atoms with Crippen LogP contribution < -0.4 is 4.90 Å². The molecule has 0 N–H and O–H groups in total. The smallest absolute Gasteiger partial charge is 0.231 e.